The van der Waals surface area contributed by atoms with E-state index in [2.05, 4.69) is 29.2 Å². The van der Waals surface area contributed by atoms with Gasteiger partial charge in [-0.2, -0.15) is 0 Å². The minimum Gasteiger partial charge on any atom is -0.379 e. The molecule has 3 aliphatic rings. The highest BCUT2D eigenvalue weighted by Gasteiger charge is 2.52. The van der Waals surface area contributed by atoms with E-state index in [1.807, 2.05) is 6.92 Å². The maximum absolute atomic E-state index is 12.7. The van der Waals surface area contributed by atoms with E-state index in [9.17, 15) is 4.79 Å². The topological polar surface area (TPSA) is 29.5 Å². The van der Waals surface area contributed by atoms with Gasteiger partial charge in [-0.1, -0.05) is 24.3 Å². The SMILES string of the molecule is CC1(C(=O)N2C3CCC2c2ccccc23)COC1. The fourth-order valence-corrected chi connectivity index (χ4v) is 3.67. The Bertz CT molecular complexity index is 490. The van der Waals surface area contributed by atoms with Gasteiger partial charge in [-0.15, -0.1) is 0 Å². The lowest BCUT2D eigenvalue weighted by atomic mass is 9.86. The van der Waals surface area contributed by atoms with Crippen LogP contribution in [0.1, 0.15) is 43.0 Å². The summed E-state index contributed by atoms with van der Waals surface area (Å²) in [6.45, 7) is 3.19. The molecule has 0 radical (unpaired) electrons. The first-order valence-electron chi connectivity index (χ1n) is 6.70. The minimum absolute atomic E-state index is 0.275. The summed E-state index contributed by atoms with van der Waals surface area (Å²) in [5.41, 5.74) is 2.46. The van der Waals surface area contributed by atoms with Gasteiger partial charge in [-0.3, -0.25) is 4.79 Å². The molecule has 0 saturated carbocycles. The molecule has 2 unspecified atom stereocenters. The van der Waals surface area contributed by atoms with E-state index in [0.717, 1.165) is 12.8 Å². The summed E-state index contributed by atoms with van der Waals surface area (Å²) in [7, 11) is 0. The highest BCUT2D eigenvalue weighted by molar-refractivity contribution is 5.85. The first-order valence-corrected chi connectivity index (χ1v) is 6.70. The summed E-state index contributed by atoms with van der Waals surface area (Å²) < 4.78 is 5.24. The number of nitrogens with zero attached hydrogens (tertiary/aromatic N) is 1. The number of benzene rings is 1. The molecule has 3 heterocycles. The van der Waals surface area contributed by atoms with E-state index in [-0.39, 0.29) is 11.3 Å². The summed E-state index contributed by atoms with van der Waals surface area (Å²) in [6, 6.07) is 9.15. The minimum atomic E-state index is -0.275. The third kappa shape index (κ3) is 1.15. The van der Waals surface area contributed by atoms with Gasteiger partial charge in [-0.05, 0) is 30.9 Å². The quantitative estimate of drug-likeness (QED) is 0.758. The van der Waals surface area contributed by atoms with Crippen LogP contribution in [0.2, 0.25) is 0 Å². The van der Waals surface area contributed by atoms with E-state index < -0.39 is 0 Å². The second-order valence-electron chi connectivity index (χ2n) is 6.00. The maximum Gasteiger partial charge on any atom is 0.234 e. The van der Waals surface area contributed by atoms with Gasteiger partial charge in [0.2, 0.25) is 5.91 Å². The number of hydrogen-bond donors (Lipinski definition) is 0. The van der Waals surface area contributed by atoms with Crippen molar-refractivity contribution in [3.8, 4) is 0 Å². The summed E-state index contributed by atoms with van der Waals surface area (Å²) in [4.78, 5) is 14.9. The van der Waals surface area contributed by atoms with E-state index in [1.54, 1.807) is 0 Å². The molecule has 4 rings (SSSR count). The van der Waals surface area contributed by atoms with E-state index >= 15 is 0 Å². The monoisotopic (exact) mass is 243 g/mol. The largest absolute Gasteiger partial charge is 0.379 e. The van der Waals surface area contributed by atoms with Crippen molar-refractivity contribution in [2.24, 2.45) is 5.41 Å². The van der Waals surface area contributed by atoms with E-state index in [4.69, 9.17) is 4.74 Å². The van der Waals surface area contributed by atoms with Gasteiger partial charge in [0.15, 0.2) is 0 Å². The van der Waals surface area contributed by atoms with E-state index in [0.29, 0.717) is 25.3 Å². The van der Waals surface area contributed by atoms with Crippen LogP contribution in [0.4, 0.5) is 0 Å². The Morgan fingerprint density at radius 2 is 1.78 bits per heavy atom. The number of carbonyl (C=O) groups is 1. The van der Waals surface area contributed by atoms with E-state index in [1.165, 1.54) is 11.1 Å². The maximum atomic E-state index is 12.7. The Morgan fingerprint density at radius 3 is 2.22 bits per heavy atom. The van der Waals surface area contributed by atoms with Gasteiger partial charge in [0.1, 0.15) is 0 Å². The molecular weight excluding hydrogens is 226 g/mol. The van der Waals surface area contributed by atoms with Gasteiger partial charge in [0.05, 0.1) is 30.7 Å². The first-order chi connectivity index (χ1) is 8.71. The standard InChI is InChI=1S/C15H17NO2/c1-15(8-18-9-15)14(17)16-12-6-7-13(16)11-5-3-2-4-10(11)12/h2-5,12-13H,6-9H2,1H3. The zero-order chi connectivity index (χ0) is 12.3. The molecule has 1 aromatic rings. The summed E-state index contributed by atoms with van der Waals surface area (Å²) in [5, 5.41) is 0. The number of amides is 1. The van der Waals surface area contributed by atoms with Crippen molar-refractivity contribution >= 4 is 5.91 Å². The van der Waals surface area contributed by atoms with Gasteiger partial charge in [-0.25, -0.2) is 0 Å². The Morgan fingerprint density at radius 1 is 1.22 bits per heavy atom. The Balaban J connectivity index is 1.72. The molecule has 2 saturated heterocycles. The molecule has 3 aliphatic heterocycles. The number of ether oxygens (including phenoxy) is 1. The highest BCUT2D eigenvalue weighted by atomic mass is 16.5. The molecular formula is C15H17NO2. The Kier molecular flexibility index (Phi) is 1.97. The molecule has 3 heteroatoms. The van der Waals surface area contributed by atoms with Crippen LogP contribution in [0.15, 0.2) is 24.3 Å². The fourth-order valence-electron chi connectivity index (χ4n) is 3.67. The highest BCUT2D eigenvalue weighted by Crippen LogP contribution is 2.54. The van der Waals surface area contributed by atoms with Crippen LogP contribution in [-0.2, 0) is 9.53 Å². The second kappa shape index (κ2) is 3.35. The molecule has 1 amide bonds. The lowest BCUT2D eigenvalue weighted by Gasteiger charge is -2.40. The Labute approximate surface area is 107 Å². The predicted molar refractivity (Wildman–Crippen MR) is 66.9 cm³/mol. The second-order valence-corrected chi connectivity index (χ2v) is 6.00. The molecule has 0 N–H and O–H groups in total. The third-order valence-corrected chi connectivity index (χ3v) is 4.69. The number of carbonyl (C=O) groups excluding carboxylic acids is 1. The van der Waals surface area contributed by atoms with Crippen LogP contribution in [-0.4, -0.2) is 24.0 Å². The van der Waals surface area contributed by atoms with Crippen molar-refractivity contribution < 1.29 is 9.53 Å². The molecule has 2 fully saturated rings. The van der Waals surface area contributed by atoms with Crippen LogP contribution in [0.3, 0.4) is 0 Å². The number of rotatable bonds is 1. The Hall–Kier alpha value is -1.35. The average Bonchev–Trinajstić information content (AvgIpc) is 2.92. The van der Waals surface area contributed by atoms with Crippen molar-refractivity contribution in [3.05, 3.63) is 35.4 Å². The van der Waals surface area contributed by atoms with Crippen molar-refractivity contribution in [1.29, 1.82) is 0 Å². The fraction of sp³-hybridized carbons (Fsp3) is 0.533. The van der Waals surface area contributed by atoms with Gasteiger partial charge >= 0.3 is 0 Å². The lowest BCUT2D eigenvalue weighted by molar-refractivity contribution is -0.171. The first kappa shape index (κ1) is 10.6. The average molecular weight is 243 g/mol. The molecule has 0 spiro atoms. The molecule has 94 valence electrons. The lowest BCUT2D eigenvalue weighted by Crippen LogP contribution is -2.52. The van der Waals surface area contributed by atoms with Gasteiger partial charge in [0, 0.05) is 0 Å². The summed E-state index contributed by atoms with van der Waals surface area (Å²) in [5.74, 6) is 0.289. The van der Waals surface area contributed by atoms with Crippen molar-refractivity contribution in [2.45, 2.75) is 31.8 Å². The molecule has 0 aromatic heterocycles. The van der Waals surface area contributed by atoms with Crippen molar-refractivity contribution in [2.75, 3.05) is 13.2 Å². The molecule has 0 aliphatic carbocycles. The zero-order valence-electron chi connectivity index (χ0n) is 10.6. The van der Waals surface area contributed by atoms with Gasteiger partial charge < -0.3 is 9.64 Å². The predicted octanol–water partition coefficient (Wildman–Crippen LogP) is 2.44. The normalized spacial score (nSPS) is 31.1. The molecule has 18 heavy (non-hydrogen) atoms. The summed E-state index contributed by atoms with van der Waals surface area (Å²) >= 11 is 0. The molecule has 1 aromatic carbocycles. The van der Waals surface area contributed by atoms with Crippen LogP contribution in [0.25, 0.3) is 0 Å². The van der Waals surface area contributed by atoms with Crippen LogP contribution in [0, 0.1) is 5.41 Å². The molecule has 3 nitrogen and oxygen atoms in total. The molecule has 2 atom stereocenters. The summed E-state index contributed by atoms with van der Waals surface area (Å²) in [6.07, 6.45) is 2.23. The smallest absolute Gasteiger partial charge is 0.234 e. The number of fused-ring (bicyclic) bond motifs is 5. The van der Waals surface area contributed by atoms with Crippen LogP contribution in [0.5, 0.6) is 0 Å². The number of hydrogen-bond acceptors (Lipinski definition) is 2. The van der Waals surface area contributed by atoms with Crippen molar-refractivity contribution in [3.63, 3.8) is 0 Å². The third-order valence-electron chi connectivity index (χ3n) is 4.69. The van der Waals surface area contributed by atoms with Crippen LogP contribution < -0.4 is 0 Å². The zero-order valence-corrected chi connectivity index (χ0v) is 10.6. The van der Waals surface area contributed by atoms with Gasteiger partial charge in [0.25, 0.3) is 0 Å². The van der Waals surface area contributed by atoms with Crippen LogP contribution >= 0.6 is 0 Å². The van der Waals surface area contributed by atoms with Crippen molar-refractivity contribution in [1.82, 2.24) is 4.90 Å². The molecule has 2 bridgehead atoms.